The van der Waals surface area contributed by atoms with E-state index in [1.807, 2.05) is 6.07 Å². The summed E-state index contributed by atoms with van der Waals surface area (Å²) in [5.74, 6) is -0.176. The molecule has 1 aromatic rings. The van der Waals surface area contributed by atoms with Gasteiger partial charge in [-0.1, -0.05) is 26.8 Å². The van der Waals surface area contributed by atoms with Crippen LogP contribution in [0.25, 0.3) is 0 Å². The Bertz CT molecular complexity index is 705. The molecule has 2 aliphatic rings. The molecule has 0 aromatic heterocycles. The number of piperidine rings is 1. The lowest BCUT2D eigenvalue weighted by Gasteiger charge is -2.47. The van der Waals surface area contributed by atoms with E-state index in [0.29, 0.717) is 18.4 Å². The Labute approximate surface area is 175 Å². The van der Waals surface area contributed by atoms with E-state index in [1.165, 1.54) is 12.5 Å². The van der Waals surface area contributed by atoms with Crippen molar-refractivity contribution in [2.24, 2.45) is 5.41 Å². The molecule has 1 fully saturated rings. The van der Waals surface area contributed by atoms with Gasteiger partial charge in [-0.2, -0.15) is 0 Å². The van der Waals surface area contributed by atoms with Crippen molar-refractivity contribution in [1.29, 1.82) is 0 Å². The first-order chi connectivity index (χ1) is 13.7. The number of fused-ring (bicyclic) bond motifs is 2. The summed E-state index contributed by atoms with van der Waals surface area (Å²) < 4.78 is 19.2. The predicted octanol–water partition coefficient (Wildman–Crippen LogP) is 4.58. The lowest BCUT2D eigenvalue weighted by molar-refractivity contribution is -0.122. The summed E-state index contributed by atoms with van der Waals surface area (Å²) in [6, 6.07) is 5.12. The minimum Gasteiger partial charge on any atom is -0.384 e. The molecule has 0 unspecified atom stereocenters. The summed E-state index contributed by atoms with van der Waals surface area (Å²) in [5.41, 5.74) is 2.62. The molecule has 1 spiro atoms. The zero-order chi connectivity index (χ0) is 21.1. The normalized spacial score (nSPS) is 21.8. The first-order valence-corrected chi connectivity index (χ1v) is 11.0. The summed E-state index contributed by atoms with van der Waals surface area (Å²) in [7, 11) is 1.60. The molecule has 29 heavy (non-hydrogen) atoms. The zero-order valence-electron chi connectivity index (χ0n) is 18.5. The number of amides is 1. The molecule has 0 bridgehead atoms. The Morgan fingerprint density at radius 3 is 2.66 bits per heavy atom. The van der Waals surface area contributed by atoms with Gasteiger partial charge in [-0.25, -0.2) is 4.39 Å². The molecule has 3 rings (SSSR count). The van der Waals surface area contributed by atoms with Gasteiger partial charge in [0, 0.05) is 13.5 Å². The SMILES string of the molecule is COCCC(=O)N[C@H]1CCC2(CCN(CCC(C)(C)C)CC2)c2cc(F)ccc21. The van der Waals surface area contributed by atoms with Crippen molar-refractivity contribution >= 4 is 5.91 Å². The van der Waals surface area contributed by atoms with Crippen LogP contribution in [0.15, 0.2) is 18.2 Å². The summed E-state index contributed by atoms with van der Waals surface area (Å²) in [5, 5.41) is 3.15. The minimum absolute atomic E-state index is 0.0000690. The molecule has 0 saturated carbocycles. The standard InChI is InChI=1S/C24H37FN2O2/c1-23(2,3)10-13-27-14-11-24(12-15-27)9-7-21(26-22(28)8-16-29-4)19-6-5-18(25)17-20(19)24/h5-6,17,21H,7-16H2,1-4H3,(H,26,28)/t21-/m0/s1. The van der Waals surface area contributed by atoms with Crippen molar-refractivity contribution in [2.75, 3.05) is 33.4 Å². The van der Waals surface area contributed by atoms with Crippen molar-refractivity contribution < 1.29 is 13.9 Å². The zero-order valence-corrected chi connectivity index (χ0v) is 18.5. The third-order valence-electron chi connectivity index (χ3n) is 6.73. The fraction of sp³-hybridized carbons (Fsp3) is 0.708. The molecule has 0 radical (unpaired) electrons. The average Bonchev–Trinajstić information content (AvgIpc) is 2.68. The van der Waals surface area contributed by atoms with Crippen molar-refractivity contribution in [3.8, 4) is 0 Å². The second-order valence-electron chi connectivity index (χ2n) is 10.1. The van der Waals surface area contributed by atoms with Crippen LogP contribution < -0.4 is 5.32 Å². The van der Waals surface area contributed by atoms with Gasteiger partial charge in [0.1, 0.15) is 5.82 Å². The molecular formula is C24H37FN2O2. The number of hydrogen-bond acceptors (Lipinski definition) is 3. The Morgan fingerprint density at radius 1 is 1.28 bits per heavy atom. The molecule has 1 aliphatic carbocycles. The van der Waals surface area contributed by atoms with Gasteiger partial charge in [-0.05, 0) is 85.8 Å². The number of nitrogens with one attached hydrogen (secondary N) is 1. The van der Waals surface area contributed by atoms with E-state index in [-0.39, 0.29) is 23.2 Å². The topological polar surface area (TPSA) is 41.6 Å². The highest BCUT2D eigenvalue weighted by Crippen LogP contribution is 2.48. The van der Waals surface area contributed by atoms with Crippen molar-refractivity contribution in [1.82, 2.24) is 10.2 Å². The maximum atomic E-state index is 14.2. The van der Waals surface area contributed by atoms with Crippen molar-refractivity contribution in [3.63, 3.8) is 0 Å². The van der Waals surface area contributed by atoms with Crippen LogP contribution in [0.4, 0.5) is 4.39 Å². The van der Waals surface area contributed by atoms with Gasteiger partial charge in [0.25, 0.3) is 0 Å². The summed E-state index contributed by atoms with van der Waals surface area (Å²) in [4.78, 5) is 14.8. The molecule has 5 heteroatoms. The van der Waals surface area contributed by atoms with Crippen LogP contribution in [-0.2, 0) is 14.9 Å². The molecule has 1 heterocycles. The van der Waals surface area contributed by atoms with Crippen molar-refractivity contribution in [2.45, 2.75) is 70.8 Å². The number of halogens is 1. The lowest BCUT2D eigenvalue weighted by atomic mass is 9.63. The lowest BCUT2D eigenvalue weighted by Crippen LogP contribution is -2.47. The van der Waals surface area contributed by atoms with E-state index in [1.54, 1.807) is 13.2 Å². The van der Waals surface area contributed by atoms with Crippen LogP contribution in [0.2, 0.25) is 0 Å². The Hall–Kier alpha value is -1.46. The molecule has 1 aromatic carbocycles. The summed E-state index contributed by atoms with van der Waals surface area (Å²) in [6.45, 7) is 10.6. The number of rotatable bonds is 6. The van der Waals surface area contributed by atoms with Gasteiger partial charge < -0.3 is 15.0 Å². The van der Waals surface area contributed by atoms with Gasteiger partial charge >= 0.3 is 0 Å². The van der Waals surface area contributed by atoms with Crippen LogP contribution in [-0.4, -0.2) is 44.2 Å². The number of nitrogens with zero attached hydrogens (tertiary/aromatic N) is 1. The molecule has 1 N–H and O–H groups in total. The van der Waals surface area contributed by atoms with Gasteiger partial charge in [0.2, 0.25) is 5.91 Å². The molecular weight excluding hydrogens is 367 g/mol. The second-order valence-corrected chi connectivity index (χ2v) is 10.1. The smallest absolute Gasteiger partial charge is 0.222 e. The number of ether oxygens (including phenoxy) is 1. The highest BCUT2D eigenvalue weighted by atomic mass is 19.1. The number of likely N-dealkylation sites (tertiary alicyclic amines) is 1. The first kappa shape index (κ1) is 22.2. The number of carbonyl (C=O) groups is 1. The molecule has 1 atom stereocenters. The van der Waals surface area contributed by atoms with E-state index in [0.717, 1.165) is 56.4 Å². The van der Waals surface area contributed by atoms with E-state index < -0.39 is 0 Å². The molecule has 1 saturated heterocycles. The number of benzene rings is 1. The van der Waals surface area contributed by atoms with Crippen molar-refractivity contribution in [3.05, 3.63) is 35.1 Å². The fourth-order valence-electron chi connectivity index (χ4n) is 4.83. The highest BCUT2D eigenvalue weighted by Gasteiger charge is 2.42. The molecule has 4 nitrogen and oxygen atoms in total. The monoisotopic (exact) mass is 404 g/mol. The van der Waals surface area contributed by atoms with Gasteiger partial charge in [0.05, 0.1) is 12.6 Å². The first-order valence-electron chi connectivity index (χ1n) is 11.0. The predicted molar refractivity (Wildman–Crippen MR) is 114 cm³/mol. The molecule has 1 amide bonds. The second kappa shape index (κ2) is 9.13. The number of methoxy groups -OCH3 is 1. The van der Waals surface area contributed by atoms with E-state index in [2.05, 4.69) is 31.0 Å². The van der Waals surface area contributed by atoms with E-state index in [4.69, 9.17) is 4.74 Å². The maximum Gasteiger partial charge on any atom is 0.222 e. The average molecular weight is 405 g/mol. The van der Waals surface area contributed by atoms with Crippen LogP contribution in [0.3, 0.4) is 0 Å². The minimum atomic E-state index is -0.176. The Morgan fingerprint density at radius 2 is 2.00 bits per heavy atom. The largest absolute Gasteiger partial charge is 0.384 e. The van der Waals surface area contributed by atoms with Gasteiger partial charge in [0.15, 0.2) is 0 Å². The maximum absolute atomic E-state index is 14.2. The van der Waals surface area contributed by atoms with Crippen LogP contribution in [0.1, 0.15) is 76.5 Å². The van der Waals surface area contributed by atoms with Gasteiger partial charge in [-0.15, -0.1) is 0 Å². The Balaban J connectivity index is 1.72. The van der Waals surface area contributed by atoms with E-state index in [9.17, 15) is 9.18 Å². The quantitative estimate of drug-likeness (QED) is 0.754. The fourth-order valence-corrected chi connectivity index (χ4v) is 4.83. The summed E-state index contributed by atoms with van der Waals surface area (Å²) >= 11 is 0. The van der Waals surface area contributed by atoms with Crippen LogP contribution in [0, 0.1) is 11.2 Å². The van der Waals surface area contributed by atoms with E-state index >= 15 is 0 Å². The van der Waals surface area contributed by atoms with Crippen LogP contribution >= 0.6 is 0 Å². The third kappa shape index (κ3) is 5.58. The Kier molecular flexibility index (Phi) is 7.00. The highest BCUT2D eigenvalue weighted by molar-refractivity contribution is 5.76. The van der Waals surface area contributed by atoms with Gasteiger partial charge in [-0.3, -0.25) is 4.79 Å². The number of carbonyl (C=O) groups excluding carboxylic acids is 1. The number of hydrogen-bond donors (Lipinski definition) is 1. The summed E-state index contributed by atoms with van der Waals surface area (Å²) in [6.07, 6.45) is 5.61. The molecule has 162 valence electrons. The molecule has 1 aliphatic heterocycles. The third-order valence-corrected chi connectivity index (χ3v) is 6.73. The van der Waals surface area contributed by atoms with Crippen LogP contribution in [0.5, 0.6) is 0 Å².